The van der Waals surface area contributed by atoms with E-state index in [0.717, 1.165) is 5.92 Å². The Morgan fingerprint density at radius 1 is 1.00 bits per heavy atom. The molecule has 14 heavy (non-hydrogen) atoms. The van der Waals surface area contributed by atoms with Crippen LogP contribution in [-0.4, -0.2) is 0 Å². The van der Waals surface area contributed by atoms with Crippen LogP contribution in [0.2, 0.25) is 0 Å². The summed E-state index contributed by atoms with van der Waals surface area (Å²) >= 11 is 0. The highest BCUT2D eigenvalue weighted by atomic mass is 14.0. The van der Waals surface area contributed by atoms with Crippen LogP contribution in [0.15, 0.2) is 24.3 Å². The largest absolute Gasteiger partial charge is 0.0846 e. The van der Waals surface area contributed by atoms with Gasteiger partial charge in [0.05, 0.1) is 0 Å². The van der Waals surface area contributed by atoms with Gasteiger partial charge in [0.1, 0.15) is 0 Å². The second-order valence-electron chi connectivity index (χ2n) is 4.07. The molecule has 0 nitrogen and oxygen atoms in total. The second-order valence-corrected chi connectivity index (χ2v) is 4.07. The minimum atomic E-state index is 0.743. The molecule has 0 unspecified atom stereocenters. The van der Waals surface area contributed by atoms with E-state index >= 15 is 0 Å². The SMILES string of the molecule is CCC/C=C\C=C\[C@@H](C)CCCCC. The van der Waals surface area contributed by atoms with Crippen molar-refractivity contribution in [3.8, 4) is 0 Å². The Morgan fingerprint density at radius 2 is 1.79 bits per heavy atom. The maximum atomic E-state index is 2.32. The summed E-state index contributed by atoms with van der Waals surface area (Å²) in [6, 6.07) is 0. The average molecular weight is 194 g/mol. The molecule has 0 aliphatic heterocycles. The van der Waals surface area contributed by atoms with E-state index < -0.39 is 0 Å². The minimum Gasteiger partial charge on any atom is -0.0846 e. The summed E-state index contributed by atoms with van der Waals surface area (Å²) in [6.45, 7) is 6.77. The van der Waals surface area contributed by atoms with Crippen molar-refractivity contribution in [3.05, 3.63) is 24.3 Å². The number of rotatable bonds is 8. The maximum Gasteiger partial charge on any atom is -0.0259 e. The van der Waals surface area contributed by atoms with Crippen molar-refractivity contribution in [1.82, 2.24) is 0 Å². The van der Waals surface area contributed by atoms with Crippen molar-refractivity contribution in [2.75, 3.05) is 0 Å². The van der Waals surface area contributed by atoms with Gasteiger partial charge < -0.3 is 0 Å². The van der Waals surface area contributed by atoms with Crippen molar-refractivity contribution in [2.45, 2.75) is 59.3 Å². The molecule has 0 saturated carbocycles. The lowest BCUT2D eigenvalue weighted by atomic mass is 10.0. The molecule has 0 bridgehead atoms. The molecule has 0 spiro atoms. The summed E-state index contributed by atoms with van der Waals surface area (Å²) in [6.07, 6.45) is 16.8. The van der Waals surface area contributed by atoms with Gasteiger partial charge in [-0.3, -0.25) is 0 Å². The maximum absolute atomic E-state index is 2.32. The van der Waals surface area contributed by atoms with E-state index in [0.29, 0.717) is 0 Å². The van der Waals surface area contributed by atoms with Crippen molar-refractivity contribution in [2.24, 2.45) is 5.92 Å². The summed E-state index contributed by atoms with van der Waals surface area (Å²) in [5, 5.41) is 0. The lowest BCUT2D eigenvalue weighted by Gasteiger charge is -2.03. The van der Waals surface area contributed by atoms with Crippen LogP contribution in [0.1, 0.15) is 59.3 Å². The van der Waals surface area contributed by atoms with Crippen LogP contribution < -0.4 is 0 Å². The van der Waals surface area contributed by atoms with Crippen LogP contribution in [0.4, 0.5) is 0 Å². The normalized spacial score (nSPS) is 14.2. The van der Waals surface area contributed by atoms with Crippen LogP contribution in [0.3, 0.4) is 0 Å². The van der Waals surface area contributed by atoms with E-state index in [4.69, 9.17) is 0 Å². The molecule has 0 heterocycles. The standard InChI is InChI=1S/C14H26/c1-4-6-8-9-11-13-14(3)12-10-7-5-2/h8-9,11,13-14H,4-7,10,12H2,1-3H3/b9-8-,13-11+/t14-/m0/s1. The highest BCUT2D eigenvalue weighted by Crippen LogP contribution is 2.10. The molecule has 0 N–H and O–H groups in total. The van der Waals surface area contributed by atoms with Crippen molar-refractivity contribution < 1.29 is 0 Å². The number of hydrogen-bond donors (Lipinski definition) is 0. The van der Waals surface area contributed by atoms with Crippen molar-refractivity contribution in [1.29, 1.82) is 0 Å². The molecule has 82 valence electrons. The highest BCUT2D eigenvalue weighted by molar-refractivity contribution is 5.03. The Labute approximate surface area is 90.1 Å². The van der Waals surface area contributed by atoms with Gasteiger partial charge in [-0.15, -0.1) is 0 Å². The Morgan fingerprint density at radius 3 is 2.43 bits per heavy atom. The summed E-state index contributed by atoms with van der Waals surface area (Å²) < 4.78 is 0. The van der Waals surface area contributed by atoms with Crippen molar-refractivity contribution >= 4 is 0 Å². The van der Waals surface area contributed by atoms with Gasteiger partial charge in [-0.1, -0.05) is 70.8 Å². The molecule has 0 fully saturated rings. The molecule has 0 aliphatic carbocycles. The third kappa shape index (κ3) is 9.57. The van der Waals surface area contributed by atoms with Gasteiger partial charge in [0.2, 0.25) is 0 Å². The van der Waals surface area contributed by atoms with E-state index in [-0.39, 0.29) is 0 Å². The molecule has 0 saturated heterocycles. The average Bonchev–Trinajstić information content (AvgIpc) is 2.18. The van der Waals surface area contributed by atoms with Crippen molar-refractivity contribution in [3.63, 3.8) is 0 Å². The van der Waals surface area contributed by atoms with Crippen LogP contribution in [-0.2, 0) is 0 Å². The van der Waals surface area contributed by atoms with E-state index in [2.05, 4.69) is 45.1 Å². The predicted molar refractivity (Wildman–Crippen MR) is 66.5 cm³/mol. The molecule has 1 atom stereocenters. The Kier molecular flexibility index (Phi) is 10.2. The summed E-state index contributed by atoms with van der Waals surface area (Å²) in [4.78, 5) is 0. The zero-order chi connectivity index (χ0) is 10.6. The second kappa shape index (κ2) is 10.6. The predicted octanol–water partition coefficient (Wildman–Crippen LogP) is 5.12. The van der Waals surface area contributed by atoms with Gasteiger partial charge >= 0.3 is 0 Å². The first-order valence-corrected chi connectivity index (χ1v) is 6.14. The molecule has 0 aliphatic rings. The zero-order valence-electron chi connectivity index (χ0n) is 10.1. The first-order chi connectivity index (χ1) is 6.81. The smallest absolute Gasteiger partial charge is 0.0259 e. The fourth-order valence-corrected chi connectivity index (χ4v) is 1.41. The first-order valence-electron chi connectivity index (χ1n) is 6.14. The monoisotopic (exact) mass is 194 g/mol. The third-order valence-corrected chi connectivity index (χ3v) is 2.41. The van der Waals surface area contributed by atoms with Gasteiger partial charge in [0.25, 0.3) is 0 Å². The molecule has 0 aromatic carbocycles. The van der Waals surface area contributed by atoms with Crippen LogP contribution in [0, 0.1) is 5.92 Å². The van der Waals surface area contributed by atoms with Crippen LogP contribution in [0.5, 0.6) is 0 Å². The molecule has 0 rings (SSSR count). The molecule has 0 heteroatoms. The lowest BCUT2D eigenvalue weighted by Crippen LogP contribution is -1.88. The summed E-state index contributed by atoms with van der Waals surface area (Å²) in [5.74, 6) is 0.743. The Balaban J connectivity index is 3.44. The topological polar surface area (TPSA) is 0 Å². The van der Waals surface area contributed by atoms with E-state index in [1.165, 1.54) is 38.5 Å². The molecule has 0 radical (unpaired) electrons. The van der Waals surface area contributed by atoms with E-state index in [9.17, 15) is 0 Å². The van der Waals surface area contributed by atoms with Gasteiger partial charge in [0, 0.05) is 0 Å². The molecule has 0 amide bonds. The van der Waals surface area contributed by atoms with E-state index in [1.807, 2.05) is 0 Å². The molecule has 0 aromatic heterocycles. The minimum absolute atomic E-state index is 0.743. The molecular formula is C14H26. The highest BCUT2D eigenvalue weighted by Gasteiger charge is 1.94. The molecular weight excluding hydrogens is 168 g/mol. The molecule has 0 aromatic rings. The van der Waals surface area contributed by atoms with Gasteiger partial charge in [-0.2, -0.15) is 0 Å². The summed E-state index contributed by atoms with van der Waals surface area (Å²) in [5.41, 5.74) is 0. The number of allylic oxidation sites excluding steroid dienone is 4. The fraction of sp³-hybridized carbons (Fsp3) is 0.714. The van der Waals surface area contributed by atoms with Crippen LogP contribution in [0.25, 0.3) is 0 Å². The van der Waals surface area contributed by atoms with Gasteiger partial charge in [-0.25, -0.2) is 0 Å². The number of unbranched alkanes of at least 4 members (excludes halogenated alkanes) is 3. The fourth-order valence-electron chi connectivity index (χ4n) is 1.41. The quantitative estimate of drug-likeness (QED) is 0.372. The lowest BCUT2D eigenvalue weighted by molar-refractivity contribution is 0.576. The van der Waals surface area contributed by atoms with E-state index in [1.54, 1.807) is 0 Å². The Bertz CT molecular complexity index is 153. The first kappa shape index (κ1) is 13.5. The van der Waals surface area contributed by atoms with Crippen LogP contribution >= 0.6 is 0 Å². The van der Waals surface area contributed by atoms with Gasteiger partial charge in [-0.05, 0) is 18.8 Å². The van der Waals surface area contributed by atoms with Gasteiger partial charge in [0.15, 0.2) is 0 Å². The third-order valence-electron chi connectivity index (χ3n) is 2.41. The Hall–Kier alpha value is -0.520. The summed E-state index contributed by atoms with van der Waals surface area (Å²) in [7, 11) is 0. The number of hydrogen-bond acceptors (Lipinski definition) is 0. The zero-order valence-corrected chi connectivity index (χ0v) is 10.1.